The van der Waals surface area contributed by atoms with Crippen molar-refractivity contribution < 1.29 is 24.4 Å². The monoisotopic (exact) mass is 405 g/mol. The standard InChI is InChI=1S/C21H15N3O6/c25-19(14-7-11-16(12-8-14)24(29)30)22-15-9-5-13(6-10-15)20(26)23-18-4-2-1-3-17(18)21(27)28/h1-12H,(H,22,25)(H,23,26)(H,27,28). The van der Waals surface area contributed by atoms with Crippen LogP contribution >= 0.6 is 0 Å². The molecule has 3 N–H and O–H groups in total. The summed E-state index contributed by atoms with van der Waals surface area (Å²) in [5, 5.41) is 25.0. The Morgan fingerprint density at radius 2 is 1.30 bits per heavy atom. The smallest absolute Gasteiger partial charge is 0.337 e. The van der Waals surface area contributed by atoms with E-state index >= 15 is 0 Å². The van der Waals surface area contributed by atoms with E-state index in [1.807, 2.05) is 0 Å². The molecule has 3 rings (SSSR count). The lowest BCUT2D eigenvalue weighted by Gasteiger charge is -2.09. The molecule has 3 aromatic rings. The van der Waals surface area contributed by atoms with Gasteiger partial charge in [0.15, 0.2) is 0 Å². The molecule has 0 bridgehead atoms. The lowest BCUT2D eigenvalue weighted by Crippen LogP contribution is -2.15. The van der Waals surface area contributed by atoms with Crippen molar-refractivity contribution in [3.8, 4) is 0 Å². The Morgan fingerprint density at radius 1 is 0.767 bits per heavy atom. The molecule has 3 aromatic carbocycles. The van der Waals surface area contributed by atoms with Gasteiger partial charge >= 0.3 is 5.97 Å². The zero-order valence-electron chi connectivity index (χ0n) is 15.4. The molecular formula is C21H15N3O6. The fraction of sp³-hybridized carbons (Fsp3) is 0. The normalized spacial score (nSPS) is 10.1. The minimum atomic E-state index is -1.16. The third-order valence-electron chi connectivity index (χ3n) is 4.15. The van der Waals surface area contributed by atoms with Crippen molar-refractivity contribution in [2.75, 3.05) is 10.6 Å². The summed E-state index contributed by atoms with van der Waals surface area (Å²) in [6.07, 6.45) is 0. The van der Waals surface area contributed by atoms with Crippen LogP contribution in [-0.2, 0) is 0 Å². The molecule has 30 heavy (non-hydrogen) atoms. The summed E-state index contributed by atoms with van der Waals surface area (Å²) in [4.78, 5) is 46.0. The number of nitrogens with zero attached hydrogens (tertiary/aromatic N) is 1. The summed E-state index contributed by atoms with van der Waals surface area (Å²) in [5.74, 6) is -2.12. The molecule has 0 aliphatic heterocycles. The number of aromatic carboxylic acids is 1. The van der Waals surface area contributed by atoms with Gasteiger partial charge in [-0.2, -0.15) is 0 Å². The van der Waals surface area contributed by atoms with Crippen molar-refractivity contribution in [1.29, 1.82) is 0 Å². The number of carbonyl (C=O) groups is 3. The highest BCUT2D eigenvalue weighted by atomic mass is 16.6. The third kappa shape index (κ3) is 4.65. The number of benzene rings is 3. The predicted octanol–water partition coefficient (Wildman–Crippen LogP) is 3.80. The van der Waals surface area contributed by atoms with E-state index in [1.54, 1.807) is 12.1 Å². The van der Waals surface area contributed by atoms with E-state index in [-0.39, 0.29) is 28.1 Å². The van der Waals surface area contributed by atoms with Crippen LogP contribution in [0.5, 0.6) is 0 Å². The third-order valence-corrected chi connectivity index (χ3v) is 4.15. The number of carbonyl (C=O) groups excluding carboxylic acids is 2. The van der Waals surface area contributed by atoms with Gasteiger partial charge in [0.1, 0.15) is 0 Å². The van der Waals surface area contributed by atoms with Gasteiger partial charge in [-0.25, -0.2) is 4.79 Å². The van der Waals surface area contributed by atoms with Crippen LogP contribution < -0.4 is 10.6 Å². The van der Waals surface area contributed by atoms with E-state index in [4.69, 9.17) is 0 Å². The zero-order chi connectivity index (χ0) is 21.7. The molecule has 0 atom stereocenters. The largest absolute Gasteiger partial charge is 0.478 e. The Morgan fingerprint density at radius 3 is 1.87 bits per heavy atom. The number of nitro benzene ring substituents is 1. The summed E-state index contributed by atoms with van der Waals surface area (Å²) in [6.45, 7) is 0. The summed E-state index contributed by atoms with van der Waals surface area (Å²) in [5.41, 5.74) is 0.951. The molecule has 0 saturated carbocycles. The maximum absolute atomic E-state index is 12.4. The quantitative estimate of drug-likeness (QED) is 0.421. The predicted molar refractivity (Wildman–Crippen MR) is 109 cm³/mol. The Labute approximate surface area is 170 Å². The first-order chi connectivity index (χ1) is 14.3. The molecule has 9 nitrogen and oxygen atoms in total. The van der Waals surface area contributed by atoms with Gasteiger partial charge in [0.05, 0.1) is 16.2 Å². The van der Waals surface area contributed by atoms with Gasteiger partial charge in [-0.15, -0.1) is 0 Å². The number of para-hydroxylation sites is 1. The van der Waals surface area contributed by atoms with E-state index < -0.39 is 22.7 Å². The lowest BCUT2D eigenvalue weighted by molar-refractivity contribution is -0.384. The number of carboxylic acid groups (broad SMARTS) is 1. The van der Waals surface area contributed by atoms with Gasteiger partial charge < -0.3 is 15.7 Å². The summed E-state index contributed by atoms with van der Waals surface area (Å²) >= 11 is 0. The van der Waals surface area contributed by atoms with Crippen molar-refractivity contribution in [2.45, 2.75) is 0 Å². The molecular weight excluding hydrogens is 390 g/mol. The molecule has 0 radical (unpaired) electrons. The zero-order valence-corrected chi connectivity index (χ0v) is 15.4. The fourth-order valence-corrected chi connectivity index (χ4v) is 2.62. The number of carboxylic acids is 1. The number of non-ortho nitro benzene ring substituents is 1. The number of amides is 2. The van der Waals surface area contributed by atoms with Crippen LogP contribution in [0, 0.1) is 10.1 Å². The van der Waals surface area contributed by atoms with Crippen LogP contribution in [0.2, 0.25) is 0 Å². The maximum atomic E-state index is 12.4. The van der Waals surface area contributed by atoms with Crippen LogP contribution in [0.3, 0.4) is 0 Å². The molecule has 0 unspecified atom stereocenters. The van der Waals surface area contributed by atoms with Crippen LogP contribution in [0.15, 0.2) is 72.8 Å². The highest BCUT2D eigenvalue weighted by Gasteiger charge is 2.14. The molecule has 0 aliphatic rings. The number of hydrogen-bond acceptors (Lipinski definition) is 5. The Balaban J connectivity index is 1.67. The van der Waals surface area contributed by atoms with Crippen molar-refractivity contribution in [2.24, 2.45) is 0 Å². The molecule has 2 amide bonds. The van der Waals surface area contributed by atoms with Gasteiger partial charge in [0.25, 0.3) is 17.5 Å². The first-order valence-corrected chi connectivity index (χ1v) is 8.64. The Hall–Kier alpha value is -4.53. The van der Waals surface area contributed by atoms with Gasteiger partial charge in [0.2, 0.25) is 0 Å². The van der Waals surface area contributed by atoms with E-state index in [0.717, 1.165) is 0 Å². The van der Waals surface area contributed by atoms with Gasteiger partial charge in [-0.3, -0.25) is 19.7 Å². The second kappa shape index (κ2) is 8.65. The Bertz CT molecular complexity index is 1120. The molecule has 9 heteroatoms. The molecule has 0 spiro atoms. The average molecular weight is 405 g/mol. The first-order valence-electron chi connectivity index (χ1n) is 8.64. The highest BCUT2D eigenvalue weighted by Crippen LogP contribution is 2.18. The summed E-state index contributed by atoms with van der Waals surface area (Å²) in [7, 11) is 0. The summed E-state index contributed by atoms with van der Waals surface area (Å²) in [6, 6.07) is 17.2. The average Bonchev–Trinajstić information content (AvgIpc) is 2.74. The number of nitro groups is 1. The maximum Gasteiger partial charge on any atom is 0.337 e. The number of rotatable bonds is 6. The van der Waals surface area contributed by atoms with Crippen LogP contribution in [0.1, 0.15) is 31.1 Å². The fourth-order valence-electron chi connectivity index (χ4n) is 2.62. The van der Waals surface area contributed by atoms with E-state index in [2.05, 4.69) is 10.6 Å². The minimum absolute atomic E-state index is 0.0298. The SMILES string of the molecule is O=C(Nc1ccc(C(=O)Nc2ccccc2C(=O)O)cc1)c1ccc([N+](=O)[O-])cc1. The van der Waals surface area contributed by atoms with Crippen molar-refractivity contribution in [1.82, 2.24) is 0 Å². The van der Waals surface area contributed by atoms with Crippen LogP contribution in [0.4, 0.5) is 17.1 Å². The van der Waals surface area contributed by atoms with Crippen molar-refractivity contribution in [3.05, 3.63) is 99.6 Å². The van der Waals surface area contributed by atoms with Crippen LogP contribution in [-0.4, -0.2) is 27.8 Å². The van der Waals surface area contributed by atoms with Gasteiger partial charge in [-0.05, 0) is 48.5 Å². The lowest BCUT2D eigenvalue weighted by atomic mass is 10.1. The molecule has 0 heterocycles. The molecule has 0 fully saturated rings. The molecule has 0 aromatic heterocycles. The van der Waals surface area contributed by atoms with Crippen molar-refractivity contribution >= 4 is 34.8 Å². The topological polar surface area (TPSA) is 139 Å². The van der Waals surface area contributed by atoms with E-state index in [1.165, 1.54) is 60.7 Å². The number of anilines is 2. The second-order valence-corrected chi connectivity index (χ2v) is 6.14. The second-order valence-electron chi connectivity index (χ2n) is 6.14. The number of nitrogens with one attached hydrogen (secondary N) is 2. The number of hydrogen-bond donors (Lipinski definition) is 3. The summed E-state index contributed by atoms with van der Waals surface area (Å²) < 4.78 is 0. The first kappa shape index (κ1) is 20.2. The van der Waals surface area contributed by atoms with E-state index in [0.29, 0.717) is 5.69 Å². The molecule has 150 valence electrons. The van der Waals surface area contributed by atoms with Gasteiger partial charge in [0, 0.05) is 28.9 Å². The van der Waals surface area contributed by atoms with Crippen molar-refractivity contribution in [3.63, 3.8) is 0 Å². The van der Waals surface area contributed by atoms with E-state index in [9.17, 15) is 29.6 Å². The van der Waals surface area contributed by atoms with Gasteiger partial charge in [-0.1, -0.05) is 12.1 Å². The molecule has 0 saturated heterocycles. The highest BCUT2D eigenvalue weighted by molar-refractivity contribution is 6.08. The Kier molecular flexibility index (Phi) is 5.83. The molecule has 0 aliphatic carbocycles. The van der Waals surface area contributed by atoms with Crippen LogP contribution in [0.25, 0.3) is 0 Å². The minimum Gasteiger partial charge on any atom is -0.478 e.